The van der Waals surface area contributed by atoms with Crippen molar-refractivity contribution in [2.75, 3.05) is 32.1 Å². The average Bonchev–Trinajstić information content (AvgIpc) is 2.38. The highest BCUT2D eigenvalue weighted by Gasteiger charge is 2.07. The van der Waals surface area contributed by atoms with Crippen LogP contribution in [0, 0.1) is 0 Å². The van der Waals surface area contributed by atoms with Gasteiger partial charge in [-0.15, -0.1) is 5.10 Å². The number of hydrogen-bond donors (Lipinski definition) is 1. The van der Waals surface area contributed by atoms with Crippen molar-refractivity contribution in [1.82, 2.24) is 15.5 Å². The topological polar surface area (TPSA) is 41.0 Å². The second-order valence-corrected chi connectivity index (χ2v) is 4.13. The van der Waals surface area contributed by atoms with Gasteiger partial charge in [-0.2, -0.15) is 5.10 Å². The summed E-state index contributed by atoms with van der Waals surface area (Å²) in [4.78, 5) is 2.16. The van der Waals surface area contributed by atoms with E-state index in [1.54, 1.807) is 6.20 Å². The Hall–Kier alpha value is -1.68. The maximum absolute atomic E-state index is 4.24. The molecule has 17 heavy (non-hydrogen) atoms. The molecule has 0 aliphatic rings. The van der Waals surface area contributed by atoms with Crippen molar-refractivity contribution in [2.45, 2.75) is 6.42 Å². The molecule has 0 amide bonds. The molecular formula is C13H18N4. The van der Waals surface area contributed by atoms with E-state index in [2.05, 4.69) is 39.6 Å². The molecule has 4 heteroatoms. The first kappa shape index (κ1) is 11.8. The van der Waals surface area contributed by atoms with Crippen LogP contribution < -0.4 is 10.2 Å². The summed E-state index contributed by atoms with van der Waals surface area (Å²) >= 11 is 0. The molecule has 0 atom stereocenters. The van der Waals surface area contributed by atoms with E-state index in [0.717, 1.165) is 36.1 Å². The molecule has 1 aromatic carbocycles. The SMILES string of the molecule is CNCCCN(C)c1nncc2ccccc12. The van der Waals surface area contributed by atoms with E-state index >= 15 is 0 Å². The molecule has 1 N–H and O–H groups in total. The molecule has 1 aromatic heterocycles. The third kappa shape index (κ3) is 2.71. The molecular weight excluding hydrogens is 212 g/mol. The first-order chi connectivity index (χ1) is 8.33. The number of fused-ring (bicyclic) bond motifs is 1. The normalized spacial score (nSPS) is 10.7. The van der Waals surface area contributed by atoms with Crippen LogP contribution in [0.2, 0.25) is 0 Å². The summed E-state index contributed by atoms with van der Waals surface area (Å²) in [5, 5.41) is 13.7. The predicted octanol–water partition coefficient (Wildman–Crippen LogP) is 1.68. The van der Waals surface area contributed by atoms with Crippen molar-refractivity contribution in [3.05, 3.63) is 30.5 Å². The predicted molar refractivity (Wildman–Crippen MR) is 71.4 cm³/mol. The summed E-state index contributed by atoms with van der Waals surface area (Å²) in [6, 6.07) is 8.21. The third-order valence-electron chi connectivity index (χ3n) is 2.83. The molecule has 1 heterocycles. The molecule has 0 fully saturated rings. The van der Waals surface area contributed by atoms with Crippen molar-refractivity contribution in [3.63, 3.8) is 0 Å². The number of nitrogens with one attached hydrogen (secondary N) is 1. The minimum atomic E-state index is 0.958. The van der Waals surface area contributed by atoms with Crippen LogP contribution in [0.3, 0.4) is 0 Å². The summed E-state index contributed by atoms with van der Waals surface area (Å²) in [5.41, 5.74) is 0. The van der Waals surface area contributed by atoms with E-state index in [-0.39, 0.29) is 0 Å². The van der Waals surface area contributed by atoms with E-state index in [9.17, 15) is 0 Å². The molecule has 0 saturated carbocycles. The Bertz CT molecular complexity index is 478. The first-order valence-corrected chi connectivity index (χ1v) is 5.89. The van der Waals surface area contributed by atoms with Crippen molar-refractivity contribution < 1.29 is 0 Å². The number of benzene rings is 1. The highest BCUT2D eigenvalue weighted by Crippen LogP contribution is 2.21. The van der Waals surface area contributed by atoms with Gasteiger partial charge in [0.2, 0.25) is 0 Å². The van der Waals surface area contributed by atoms with Gasteiger partial charge < -0.3 is 10.2 Å². The van der Waals surface area contributed by atoms with Crippen LogP contribution in [0.1, 0.15) is 6.42 Å². The number of hydrogen-bond acceptors (Lipinski definition) is 4. The standard InChI is InChI=1S/C13H18N4/c1-14-8-5-9-17(2)13-12-7-4-3-6-11(12)10-15-16-13/h3-4,6-7,10,14H,5,8-9H2,1-2H3. The molecule has 0 saturated heterocycles. The second kappa shape index (κ2) is 5.59. The monoisotopic (exact) mass is 230 g/mol. The van der Waals surface area contributed by atoms with E-state index in [1.165, 1.54) is 0 Å². The Morgan fingerprint density at radius 3 is 2.94 bits per heavy atom. The fourth-order valence-corrected chi connectivity index (χ4v) is 1.89. The van der Waals surface area contributed by atoms with Crippen molar-refractivity contribution in [2.24, 2.45) is 0 Å². The van der Waals surface area contributed by atoms with Crippen LogP contribution in [0.4, 0.5) is 5.82 Å². The van der Waals surface area contributed by atoms with Crippen LogP contribution in [-0.4, -0.2) is 37.4 Å². The number of aromatic nitrogens is 2. The van der Waals surface area contributed by atoms with Gasteiger partial charge >= 0.3 is 0 Å². The number of rotatable bonds is 5. The van der Waals surface area contributed by atoms with Gasteiger partial charge in [-0.3, -0.25) is 0 Å². The second-order valence-electron chi connectivity index (χ2n) is 4.13. The Balaban J connectivity index is 2.22. The van der Waals surface area contributed by atoms with Crippen LogP contribution in [0.25, 0.3) is 10.8 Å². The lowest BCUT2D eigenvalue weighted by Gasteiger charge is -2.18. The molecule has 0 aliphatic carbocycles. The van der Waals surface area contributed by atoms with Crippen molar-refractivity contribution >= 4 is 16.6 Å². The molecule has 0 radical (unpaired) electrons. The van der Waals surface area contributed by atoms with Crippen LogP contribution >= 0.6 is 0 Å². The molecule has 2 aromatic rings. The van der Waals surface area contributed by atoms with Crippen LogP contribution in [-0.2, 0) is 0 Å². The molecule has 0 bridgehead atoms. The fourth-order valence-electron chi connectivity index (χ4n) is 1.89. The molecule has 0 spiro atoms. The minimum absolute atomic E-state index is 0.958. The van der Waals surface area contributed by atoms with Crippen LogP contribution in [0.5, 0.6) is 0 Å². The molecule has 90 valence electrons. The third-order valence-corrected chi connectivity index (χ3v) is 2.83. The van der Waals surface area contributed by atoms with Crippen molar-refractivity contribution in [3.8, 4) is 0 Å². The lowest BCUT2D eigenvalue weighted by atomic mass is 10.2. The summed E-state index contributed by atoms with van der Waals surface area (Å²) in [5.74, 6) is 0.958. The number of nitrogens with zero attached hydrogens (tertiary/aromatic N) is 3. The van der Waals surface area contributed by atoms with Gasteiger partial charge in [0.1, 0.15) is 0 Å². The number of anilines is 1. The minimum Gasteiger partial charge on any atom is -0.358 e. The zero-order valence-corrected chi connectivity index (χ0v) is 10.3. The van der Waals surface area contributed by atoms with E-state index in [4.69, 9.17) is 0 Å². The van der Waals surface area contributed by atoms with Gasteiger partial charge in [-0.1, -0.05) is 24.3 Å². The Morgan fingerprint density at radius 1 is 1.29 bits per heavy atom. The fraction of sp³-hybridized carbons (Fsp3) is 0.385. The zero-order chi connectivity index (χ0) is 12.1. The van der Waals surface area contributed by atoms with Gasteiger partial charge in [0.25, 0.3) is 0 Å². The van der Waals surface area contributed by atoms with Crippen molar-refractivity contribution in [1.29, 1.82) is 0 Å². The molecule has 0 aliphatic heterocycles. The highest BCUT2D eigenvalue weighted by atomic mass is 15.2. The van der Waals surface area contributed by atoms with Gasteiger partial charge in [0, 0.05) is 24.4 Å². The van der Waals surface area contributed by atoms with Gasteiger partial charge in [0.15, 0.2) is 5.82 Å². The van der Waals surface area contributed by atoms with Gasteiger partial charge in [-0.05, 0) is 20.0 Å². The lowest BCUT2D eigenvalue weighted by Crippen LogP contribution is -2.23. The lowest BCUT2D eigenvalue weighted by molar-refractivity contribution is 0.708. The highest BCUT2D eigenvalue weighted by molar-refractivity contribution is 5.91. The van der Waals surface area contributed by atoms with E-state index in [1.807, 2.05) is 19.2 Å². The Labute approximate surface area is 102 Å². The smallest absolute Gasteiger partial charge is 0.158 e. The summed E-state index contributed by atoms with van der Waals surface area (Å²) in [6.45, 7) is 1.99. The maximum atomic E-state index is 4.24. The Kier molecular flexibility index (Phi) is 3.88. The van der Waals surface area contributed by atoms with E-state index < -0.39 is 0 Å². The largest absolute Gasteiger partial charge is 0.358 e. The average molecular weight is 230 g/mol. The van der Waals surface area contributed by atoms with E-state index in [0.29, 0.717) is 0 Å². The zero-order valence-electron chi connectivity index (χ0n) is 10.3. The maximum Gasteiger partial charge on any atom is 0.158 e. The molecule has 4 nitrogen and oxygen atoms in total. The molecule has 2 rings (SSSR count). The Morgan fingerprint density at radius 2 is 2.12 bits per heavy atom. The molecule has 0 unspecified atom stereocenters. The van der Waals surface area contributed by atoms with Crippen LogP contribution in [0.15, 0.2) is 30.5 Å². The quantitative estimate of drug-likeness (QED) is 0.793. The summed E-state index contributed by atoms with van der Waals surface area (Å²) in [7, 11) is 4.03. The van der Waals surface area contributed by atoms with Gasteiger partial charge in [0.05, 0.1) is 6.20 Å². The van der Waals surface area contributed by atoms with Gasteiger partial charge in [-0.25, -0.2) is 0 Å². The summed E-state index contributed by atoms with van der Waals surface area (Å²) < 4.78 is 0. The summed E-state index contributed by atoms with van der Waals surface area (Å²) in [6.07, 6.45) is 2.90. The first-order valence-electron chi connectivity index (χ1n) is 5.89.